The molecule has 0 bridgehead atoms. The molecule has 5 nitrogen and oxygen atoms in total. The predicted molar refractivity (Wildman–Crippen MR) is 89.0 cm³/mol. The molecule has 0 saturated heterocycles. The highest BCUT2D eigenvalue weighted by molar-refractivity contribution is 7.17. The number of urea groups is 1. The normalized spacial score (nSPS) is 10.8. The van der Waals surface area contributed by atoms with Gasteiger partial charge in [0.1, 0.15) is 0 Å². The number of thiophene rings is 1. The van der Waals surface area contributed by atoms with Gasteiger partial charge in [-0.3, -0.25) is 4.68 Å². The minimum Gasteiger partial charge on any atom is -0.338 e. The van der Waals surface area contributed by atoms with Gasteiger partial charge in [-0.2, -0.15) is 5.10 Å². The van der Waals surface area contributed by atoms with Crippen LogP contribution in [0.3, 0.4) is 0 Å². The lowest BCUT2D eigenvalue weighted by Crippen LogP contribution is -2.36. The van der Waals surface area contributed by atoms with Gasteiger partial charge in [-0.05, 0) is 34.4 Å². The number of hydrogen-bond donors (Lipinski definition) is 2. The van der Waals surface area contributed by atoms with Gasteiger partial charge < -0.3 is 10.6 Å². The summed E-state index contributed by atoms with van der Waals surface area (Å²) in [4.78, 5) is 11.8. The first kappa shape index (κ1) is 14.6. The molecule has 2 aromatic heterocycles. The van der Waals surface area contributed by atoms with E-state index in [0.717, 1.165) is 17.5 Å². The zero-order valence-corrected chi connectivity index (χ0v) is 13.2. The summed E-state index contributed by atoms with van der Waals surface area (Å²) in [6.45, 7) is 1.14. The lowest BCUT2D eigenvalue weighted by Gasteiger charge is -2.06. The van der Waals surface area contributed by atoms with Crippen molar-refractivity contribution in [3.05, 3.63) is 53.2 Å². The highest BCUT2D eigenvalue weighted by Crippen LogP contribution is 2.25. The van der Waals surface area contributed by atoms with Crippen LogP contribution in [0, 0.1) is 0 Å². The molecule has 0 aliphatic carbocycles. The largest absolute Gasteiger partial charge is 0.338 e. The number of carbonyl (C=O) groups is 1. The second-order valence-corrected chi connectivity index (χ2v) is 6.05. The van der Waals surface area contributed by atoms with E-state index in [1.165, 1.54) is 10.1 Å². The van der Waals surface area contributed by atoms with Crippen LogP contribution < -0.4 is 10.6 Å². The molecule has 0 spiro atoms. The van der Waals surface area contributed by atoms with Crippen LogP contribution in [0.1, 0.15) is 11.1 Å². The van der Waals surface area contributed by atoms with Crippen molar-refractivity contribution in [2.45, 2.75) is 13.0 Å². The SMILES string of the molecule is Cn1cc(CCNC(=O)NCc2csc3ccccc23)cn1. The highest BCUT2D eigenvalue weighted by Gasteiger charge is 2.05. The van der Waals surface area contributed by atoms with Crippen molar-refractivity contribution >= 4 is 27.5 Å². The summed E-state index contributed by atoms with van der Waals surface area (Å²) < 4.78 is 3.01. The fourth-order valence-electron chi connectivity index (χ4n) is 2.33. The van der Waals surface area contributed by atoms with Crippen LogP contribution in [0.25, 0.3) is 10.1 Å². The number of hydrogen-bond acceptors (Lipinski definition) is 3. The third kappa shape index (κ3) is 3.46. The van der Waals surface area contributed by atoms with E-state index in [1.807, 2.05) is 31.6 Å². The van der Waals surface area contributed by atoms with Gasteiger partial charge in [0.15, 0.2) is 0 Å². The molecule has 0 saturated carbocycles. The molecule has 3 rings (SSSR count). The van der Waals surface area contributed by atoms with Crippen molar-refractivity contribution in [1.82, 2.24) is 20.4 Å². The van der Waals surface area contributed by atoms with Gasteiger partial charge in [0.25, 0.3) is 0 Å². The molecule has 2 heterocycles. The topological polar surface area (TPSA) is 59.0 Å². The first-order valence-corrected chi connectivity index (χ1v) is 8.04. The summed E-state index contributed by atoms with van der Waals surface area (Å²) in [7, 11) is 1.88. The van der Waals surface area contributed by atoms with E-state index in [0.29, 0.717) is 13.1 Å². The first-order chi connectivity index (χ1) is 10.7. The van der Waals surface area contributed by atoms with Gasteiger partial charge in [-0.25, -0.2) is 4.79 Å². The van der Waals surface area contributed by atoms with Gasteiger partial charge >= 0.3 is 6.03 Å². The summed E-state index contributed by atoms with van der Waals surface area (Å²) in [5, 5.41) is 13.2. The lowest BCUT2D eigenvalue weighted by molar-refractivity contribution is 0.240. The Labute approximate surface area is 133 Å². The molecule has 22 heavy (non-hydrogen) atoms. The average Bonchev–Trinajstić information content (AvgIpc) is 3.11. The maximum Gasteiger partial charge on any atom is 0.315 e. The van der Waals surface area contributed by atoms with E-state index in [1.54, 1.807) is 16.0 Å². The van der Waals surface area contributed by atoms with Crippen LogP contribution in [0.4, 0.5) is 4.79 Å². The molecule has 0 atom stereocenters. The Bertz CT molecular complexity index is 777. The van der Waals surface area contributed by atoms with E-state index >= 15 is 0 Å². The third-order valence-corrected chi connectivity index (χ3v) is 4.47. The molecule has 0 aliphatic heterocycles. The monoisotopic (exact) mass is 314 g/mol. The average molecular weight is 314 g/mol. The second kappa shape index (κ2) is 6.62. The van der Waals surface area contributed by atoms with Gasteiger partial charge in [-0.1, -0.05) is 18.2 Å². The van der Waals surface area contributed by atoms with Crippen LogP contribution in [0.15, 0.2) is 42.0 Å². The van der Waals surface area contributed by atoms with E-state index in [4.69, 9.17) is 0 Å². The number of rotatable bonds is 5. The standard InChI is InChI=1S/C16H18N4OS/c1-20-10-12(8-19-20)6-7-17-16(21)18-9-13-11-22-15-5-3-2-4-14(13)15/h2-5,8,10-11H,6-7,9H2,1H3,(H2,17,18,21). The molecule has 2 amide bonds. The van der Waals surface area contributed by atoms with E-state index in [-0.39, 0.29) is 6.03 Å². The Morgan fingerprint density at radius 3 is 3.00 bits per heavy atom. The Kier molecular flexibility index (Phi) is 4.39. The number of aromatic nitrogens is 2. The summed E-state index contributed by atoms with van der Waals surface area (Å²) in [6, 6.07) is 8.09. The summed E-state index contributed by atoms with van der Waals surface area (Å²) >= 11 is 1.70. The number of amides is 2. The fraction of sp³-hybridized carbons (Fsp3) is 0.250. The fourth-order valence-corrected chi connectivity index (χ4v) is 3.29. The predicted octanol–water partition coefficient (Wildman–Crippen LogP) is 2.68. The molecule has 6 heteroatoms. The van der Waals surface area contributed by atoms with Crippen LogP contribution in [-0.2, 0) is 20.0 Å². The van der Waals surface area contributed by atoms with Gasteiger partial charge in [0.05, 0.1) is 6.20 Å². The van der Waals surface area contributed by atoms with Crippen molar-refractivity contribution < 1.29 is 4.79 Å². The van der Waals surface area contributed by atoms with Crippen molar-refractivity contribution in [3.8, 4) is 0 Å². The minimum atomic E-state index is -0.140. The Morgan fingerprint density at radius 2 is 2.18 bits per heavy atom. The van der Waals surface area contributed by atoms with Crippen molar-refractivity contribution in [2.24, 2.45) is 7.05 Å². The minimum absolute atomic E-state index is 0.140. The van der Waals surface area contributed by atoms with Crippen LogP contribution >= 0.6 is 11.3 Å². The Morgan fingerprint density at radius 1 is 1.32 bits per heavy atom. The maximum absolute atomic E-state index is 11.8. The molecule has 0 aliphatic rings. The Hall–Kier alpha value is -2.34. The van der Waals surface area contributed by atoms with E-state index < -0.39 is 0 Å². The molecule has 3 aromatic rings. The van der Waals surface area contributed by atoms with Crippen molar-refractivity contribution in [3.63, 3.8) is 0 Å². The molecule has 1 aromatic carbocycles. The van der Waals surface area contributed by atoms with Gasteiger partial charge in [0, 0.05) is 31.0 Å². The number of fused-ring (bicyclic) bond motifs is 1. The van der Waals surface area contributed by atoms with Crippen LogP contribution in [0.2, 0.25) is 0 Å². The lowest BCUT2D eigenvalue weighted by atomic mass is 10.2. The third-order valence-electron chi connectivity index (χ3n) is 3.46. The number of aryl methyl sites for hydroxylation is 1. The maximum atomic E-state index is 11.8. The summed E-state index contributed by atoms with van der Waals surface area (Å²) in [5.74, 6) is 0. The number of benzene rings is 1. The molecule has 114 valence electrons. The van der Waals surface area contributed by atoms with E-state index in [9.17, 15) is 4.79 Å². The molecule has 0 unspecified atom stereocenters. The van der Waals surface area contributed by atoms with Crippen LogP contribution in [-0.4, -0.2) is 22.4 Å². The smallest absolute Gasteiger partial charge is 0.315 e. The quantitative estimate of drug-likeness (QED) is 0.760. The van der Waals surface area contributed by atoms with Gasteiger partial charge in [-0.15, -0.1) is 11.3 Å². The number of nitrogens with one attached hydrogen (secondary N) is 2. The molecular formula is C16H18N4OS. The highest BCUT2D eigenvalue weighted by atomic mass is 32.1. The van der Waals surface area contributed by atoms with Crippen molar-refractivity contribution in [1.29, 1.82) is 0 Å². The summed E-state index contributed by atoms with van der Waals surface area (Å²) in [6.07, 6.45) is 4.55. The second-order valence-electron chi connectivity index (χ2n) is 5.14. The molecule has 0 radical (unpaired) electrons. The molecule has 2 N–H and O–H groups in total. The first-order valence-electron chi connectivity index (χ1n) is 7.17. The molecular weight excluding hydrogens is 296 g/mol. The molecule has 0 fully saturated rings. The zero-order valence-electron chi connectivity index (χ0n) is 12.4. The number of nitrogens with zero attached hydrogens (tertiary/aromatic N) is 2. The van der Waals surface area contributed by atoms with Gasteiger partial charge in [0.2, 0.25) is 0 Å². The van der Waals surface area contributed by atoms with E-state index in [2.05, 4.69) is 33.2 Å². The van der Waals surface area contributed by atoms with Crippen molar-refractivity contribution in [2.75, 3.05) is 6.54 Å². The Balaban J connectivity index is 1.46. The zero-order chi connectivity index (χ0) is 15.4. The summed E-state index contributed by atoms with van der Waals surface area (Å²) in [5.41, 5.74) is 2.27. The number of carbonyl (C=O) groups excluding carboxylic acids is 1. The van der Waals surface area contributed by atoms with Crippen LogP contribution in [0.5, 0.6) is 0 Å².